The summed E-state index contributed by atoms with van der Waals surface area (Å²) in [6.07, 6.45) is 39.2. The molecular weight excluding hydrogens is 496 g/mol. The number of ether oxygens (including phenoxy) is 1. The lowest BCUT2D eigenvalue weighted by Crippen LogP contribution is -2.14. The molecule has 0 aromatic heterocycles. The molecule has 0 aliphatic heterocycles. The Labute approximate surface area is 249 Å². The molecule has 0 bridgehead atoms. The van der Waals surface area contributed by atoms with E-state index >= 15 is 0 Å². The summed E-state index contributed by atoms with van der Waals surface area (Å²) >= 11 is 0. The van der Waals surface area contributed by atoms with Crippen LogP contribution in [-0.4, -0.2) is 23.1 Å². The lowest BCUT2D eigenvalue weighted by molar-refractivity contribution is -0.148. The highest BCUT2D eigenvalue weighted by Crippen LogP contribution is 2.15. The molecule has 0 fully saturated rings. The molecule has 0 aliphatic carbocycles. The highest BCUT2D eigenvalue weighted by molar-refractivity contribution is 5.69. The molecule has 0 rings (SSSR count). The molecule has 0 spiro atoms. The van der Waals surface area contributed by atoms with Gasteiger partial charge in [0.2, 0.25) is 0 Å². The molecule has 40 heavy (non-hydrogen) atoms. The Morgan fingerprint density at radius 1 is 0.550 bits per heavy atom. The number of unbranched alkanes of at least 4 members (excludes halogenated alkanes) is 23. The Balaban J connectivity index is 3.32. The molecule has 1 atom stereocenters. The minimum atomic E-state index is -0.674. The number of allylic oxidation sites excluding steroid dienone is 2. The summed E-state index contributed by atoms with van der Waals surface area (Å²) < 4.78 is 5.61. The van der Waals surface area contributed by atoms with Crippen LogP contribution in [0.5, 0.6) is 0 Å². The molecule has 0 aromatic carbocycles. The van der Waals surface area contributed by atoms with Crippen LogP contribution in [-0.2, 0) is 14.3 Å². The first-order valence-electron chi connectivity index (χ1n) is 17.6. The highest BCUT2D eigenvalue weighted by Gasteiger charge is 2.09. The van der Waals surface area contributed by atoms with E-state index in [0.29, 0.717) is 12.8 Å². The number of carbonyl (C=O) groups excluding carboxylic acids is 1. The molecule has 1 N–H and O–H groups in total. The fraction of sp³-hybridized carbons (Fsp3) is 0.889. The van der Waals surface area contributed by atoms with Gasteiger partial charge >= 0.3 is 11.9 Å². The second-order valence-electron chi connectivity index (χ2n) is 12.2. The highest BCUT2D eigenvalue weighted by atomic mass is 16.5. The molecule has 1 unspecified atom stereocenters. The number of hydrogen-bond acceptors (Lipinski definition) is 3. The number of aliphatic carboxylic acids is 1. The maximum Gasteiger partial charge on any atom is 0.306 e. The Hall–Kier alpha value is -1.32. The molecule has 0 saturated carbocycles. The number of esters is 1. The van der Waals surface area contributed by atoms with Gasteiger partial charge in [-0.25, -0.2) is 0 Å². The summed E-state index contributed by atoms with van der Waals surface area (Å²) in [6, 6.07) is 0. The van der Waals surface area contributed by atoms with Gasteiger partial charge in [0.05, 0.1) is 6.10 Å². The standard InChI is InChI=1S/C36H68O4/c1-3-4-5-6-7-8-9-10-11-12-13-14-18-21-24-27-30-33-36(39)40-34(2)31-28-25-22-19-16-15-17-20-23-26-29-32-35(37)38/h10-11,34H,3-9,12-33H2,1-2H3,(H,37,38)/b11-10-. The van der Waals surface area contributed by atoms with Crippen LogP contribution in [0.4, 0.5) is 0 Å². The summed E-state index contributed by atoms with van der Waals surface area (Å²) in [5.41, 5.74) is 0. The minimum absolute atomic E-state index is 0.0109. The van der Waals surface area contributed by atoms with Gasteiger partial charge in [0.15, 0.2) is 0 Å². The fourth-order valence-corrected chi connectivity index (χ4v) is 5.33. The van der Waals surface area contributed by atoms with Gasteiger partial charge in [-0.05, 0) is 58.3 Å². The molecule has 4 nitrogen and oxygen atoms in total. The number of rotatable bonds is 32. The van der Waals surface area contributed by atoms with Crippen LogP contribution in [0.1, 0.15) is 200 Å². The number of carboxylic acid groups (broad SMARTS) is 1. The van der Waals surface area contributed by atoms with Gasteiger partial charge in [0.25, 0.3) is 0 Å². The van der Waals surface area contributed by atoms with Crippen LogP contribution in [0.15, 0.2) is 12.2 Å². The van der Waals surface area contributed by atoms with Crippen molar-refractivity contribution in [1.29, 1.82) is 0 Å². The van der Waals surface area contributed by atoms with Crippen LogP contribution in [0.3, 0.4) is 0 Å². The monoisotopic (exact) mass is 565 g/mol. The van der Waals surface area contributed by atoms with E-state index in [1.165, 1.54) is 135 Å². The summed E-state index contributed by atoms with van der Waals surface area (Å²) in [5, 5.41) is 8.63. The van der Waals surface area contributed by atoms with Crippen LogP contribution >= 0.6 is 0 Å². The largest absolute Gasteiger partial charge is 0.481 e. The molecule has 0 saturated heterocycles. The summed E-state index contributed by atoms with van der Waals surface area (Å²) in [6.45, 7) is 4.31. The predicted molar refractivity (Wildman–Crippen MR) is 172 cm³/mol. The smallest absolute Gasteiger partial charge is 0.306 e. The number of hydrogen-bond donors (Lipinski definition) is 1. The van der Waals surface area contributed by atoms with E-state index in [4.69, 9.17) is 9.84 Å². The zero-order valence-corrected chi connectivity index (χ0v) is 26.9. The second-order valence-corrected chi connectivity index (χ2v) is 12.2. The average Bonchev–Trinajstić information content (AvgIpc) is 2.92. The Morgan fingerprint density at radius 2 is 0.925 bits per heavy atom. The lowest BCUT2D eigenvalue weighted by atomic mass is 10.0. The first-order chi connectivity index (χ1) is 19.6. The molecule has 0 heterocycles. The molecule has 0 aliphatic rings. The predicted octanol–water partition coefficient (Wildman–Crippen LogP) is 11.9. The lowest BCUT2D eigenvalue weighted by Gasteiger charge is -2.13. The van der Waals surface area contributed by atoms with Gasteiger partial charge in [0.1, 0.15) is 0 Å². The van der Waals surface area contributed by atoms with Crippen molar-refractivity contribution in [1.82, 2.24) is 0 Å². The molecule has 236 valence electrons. The molecular formula is C36H68O4. The Kier molecular flexibility index (Phi) is 31.1. The third-order valence-corrected chi connectivity index (χ3v) is 7.98. The van der Waals surface area contributed by atoms with E-state index in [1.807, 2.05) is 6.92 Å². The third-order valence-electron chi connectivity index (χ3n) is 7.98. The van der Waals surface area contributed by atoms with E-state index in [0.717, 1.165) is 38.5 Å². The van der Waals surface area contributed by atoms with Crippen molar-refractivity contribution in [3.63, 3.8) is 0 Å². The van der Waals surface area contributed by atoms with Crippen molar-refractivity contribution in [2.24, 2.45) is 0 Å². The fourth-order valence-electron chi connectivity index (χ4n) is 5.33. The van der Waals surface area contributed by atoms with Crippen LogP contribution in [0, 0.1) is 0 Å². The average molecular weight is 565 g/mol. The summed E-state index contributed by atoms with van der Waals surface area (Å²) in [5.74, 6) is -0.685. The van der Waals surface area contributed by atoms with Gasteiger partial charge in [-0.1, -0.05) is 141 Å². The summed E-state index contributed by atoms with van der Waals surface area (Å²) in [7, 11) is 0. The van der Waals surface area contributed by atoms with E-state index in [1.54, 1.807) is 0 Å². The first kappa shape index (κ1) is 38.7. The maximum absolute atomic E-state index is 12.1. The van der Waals surface area contributed by atoms with Gasteiger partial charge in [-0.2, -0.15) is 0 Å². The minimum Gasteiger partial charge on any atom is -0.481 e. The van der Waals surface area contributed by atoms with Gasteiger partial charge in [-0.3, -0.25) is 9.59 Å². The van der Waals surface area contributed by atoms with Crippen molar-refractivity contribution >= 4 is 11.9 Å². The second kappa shape index (κ2) is 32.2. The van der Waals surface area contributed by atoms with E-state index in [-0.39, 0.29) is 12.1 Å². The zero-order valence-electron chi connectivity index (χ0n) is 26.9. The number of carbonyl (C=O) groups is 2. The van der Waals surface area contributed by atoms with Crippen LogP contribution in [0.25, 0.3) is 0 Å². The van der Waals surface area contributed by atoms with Crippen molar-refractivity contribution in [3.8, 4) is 0 Å². The Morgan fingerprint density at radius 3 is 1.38 bits per heavy atom. The van der Waals surface area contributed by atoms with Crippen LogP contribution in [0.2, 0.25) is 0 Å². The van der Waals surface area contributed by atoms with Gasteiger partial charge in [0, 0.05) is 12.8 Å². The van der Waals surface area contributed by atoms with E-state index in [2.05, 4.69) is 19.1 Å². The summed E-state index contributed by atoms with van der Waals surface area (Å²) in [4.78, 5) is 22.6. The molecule has 0 aromatic rings. The molecule has 0 amide bonds. The topological polar surface area (TPSA) is 63.6 Å². The number of carboxylic acids is 1. The van der Waals surface area contributed by atoms with Gasteiger partial charge in [-0.15, -0.1) is 0 Å². The van der Waals surface area contributed by atoms with Crippen molar-refractivity contribution < 1.29 is 19.4 Å². The normalized spacial score (nSPS) is 12.2. The zero-order chi connectivity index (χ0) is 29.4. The Bertz CT molecular complexity index is 571. The quantitative estimate of drug-likeness (QED) is 0.0501. The van der Waals surface area contributed by atoms with Crippen molar-refractivity contribution in [3.05, 3.63) is 12.2 Å². The van der Waals surface area contributed by atoms with E-state index < -0.39 is 5.97 Å². The molecule has 4 heteroatoms. The van der Waals surface area contributed by atoms with Crippen molar-refractivity contribution in [2.45, 2.75) is 206 Å². The van der Waals surface area contributed by atoms with E-state index in [9.17, 15) is 9.59 Å². The maximum atomic E-state index is 12.1. The van der Waals surface area contributed by atoms with Crippen molar-refractivity contribution in [2.75, 3.05) is 0 Å². The first-order valence-corrected chi connectivity index (χ1v) is 17.6. The van der Waals surface area contributed by atoms with Gasteiger partial charge < -0.3 is 9.84 Å². The third kappa shape index (κ3) is 32.9. The molecule has 0 radical (unpaired) electrons. The van der Waals surface area contributed by atoms with Crippen LogP contribution < -0.4 is 0 Å². The SMILES string of the molecule is CCCCCCCC/C=C\CCCCCCCCCC(=O)OC(C)CCCCCCCCCCCCCC(=O)O.